The van der Waals surface area contributed by atoms with Crippen molar-refractivity contribution in [2.24, 2.45) is 5.10 Å². The van der Waals surface area contributed by atoms with E-state index in [1.54, 1.807) is 17.6 Å². The maximum absolute atomic E-state index is 12.0. The molecule has 5 nitrogen and oxygen atoms in total. The van der Waals surface area contributed by atoms with Gasteiger partial charge in [-0.3, -0.25) is 9.89 Å². The van der Waals surface area contributed by atoms with Crippen LogP contribution in [0.25, 0.3) is 0 Å². The van der Waals surface area contributed by atoms with Gasteiger partial charge in [0.2, 0.25) is 0 Å². The van der Waals surface area contributed by atoms with Gasteiger partial charge in [0.15, 0.2) is 5.69 Å². The third-order valence-corrected chi connectivity index (χ3v) is 3.98. The summed E-state index contributed by atoms with van der Waals surface area (Å²) in [5.41, 5.74) is 5.16. The molecule has 0 bridgehead atoms. The summed E-state index contributed by atoms with van der Waals surface area (Å²) in [6, 6.07) is 3.88. The highest BCUT2D eigenvalue weighted by Crippen LogP contribution is 2.21. The molecule has 2 N–H and O–H groups in total. The molecule has 0 radical (unpaired) electrons. The predicted octanol–water partition coefficient (Wildman–Crippen LogP) is 2.11. The van der Waals surface area contributed by atoms with E-state index in [0.29, 0.717) is 5.69 Å². The summed E-state index contributed by atoms with van der Waals surface area (Å²) >= 11 is 1.57. The maximum atomic E-state index is 12.0. The number of aromatic amines is 1. The molecule has 0 fully saturated rings. The fourth-order valence-electron chi connectivity index (χ4n) is 2.24. The second-order valence-corrected chi connectivity index (χ2v) is 5.43. The smallest absolute Gasteiger partial charge is 0.281 e. The average Bonchev–Trinajstić information content (AvgIpc) is 3.07. The predicted molar refractivity (Wildman–Crippen MR) is 74.6 cm³/mol. The first-order valence-electron chi connectivity index (χ1n) is 6.27. The van der Waals surface area contributed by atoms with Gasteiger partial charge in [0.25, 0.3) is 5.91 Å². The Labute approximate surface area is 114 Å². The Balaban J connectivity index is 1.69. The fourth-order valence-corrected chi connectivity index (χ4v) is 2.83. The average molecular weight is 274 g/mol. The van der Waals surface area contributed by atoms with Crippen LogP contribution >= 0.6 is 11.3 Å². The number of H-pyrrole nitrogens is 1. The summed E-state index contributed by atoms with van der Waals surface area (Å²) in [4.78, 5) is 13.0. The van der Waals surface area contributed by atoms with Crippen LogP contribution in [0.1, 0.15) is 39.5 Å². The molecule has 2 aromatic rings. The zero-order valence-corrected chi connectivity index (χ0v) is 11.2. The topological polar surface area (TPSA) is 70.1 Å². The lowest BCUT2D eigenvalue weighted by Gasteiger charge is -2.10. The fraction of sp³-hybridized carbons (Fsp3) is 0.308. The number of hydrazone groups is 1. The van der Waals surface area contributed by atoms with Crippen molar-refractivity contribution >= 4 is 23.5 Å². The number of carbonyl (C=O) groups excluding carboxylic acids is 1. The van der Waals surface area contributed by atoms with Gasteiger partial charge in [-0.2, -0.15) is 10.2 Å². The van der Waals surface area contributed by atoms with Crippen molar-refractivity contribution in [2.45, 2.75) is 25.7 Å². The highest BCUT2D eigenvalue weighted by Gasteiger charge is 2.21. The minimum Gasteiger partial charge on any atom is -0.281 e. The largest absolute Gasteiger partial charge is 0.292 e. The molecule has 0 saturated heterocycles. The Hall–Kier alpha value is -1.95. The van der Waals surface area contributed by atoms with Crippen LogP contribution in [0.5, 0.6) is 0 Å². The third kappa shape index (κ3) is 2.58. The van der Waals surface area contributed by atoms with Crippen LogP contribution in [0, 0.1) is 0 Å². The van der Waals surface area contributed by atoms with Crippen LogP contribution in [0.15, 0.2) is 22.6 Å². The Morgan fingerprint density at radius 3 is 3.21 bits per heavy atom. The zero-order valence-electron chi connectivity index (χ0n) is 10.3. The van der Waals surface area contributed by atoms with Gasteiger partial charge in [-0.1, -0.05) is 6.07 Å². The van der Waals surface area contributed by atoms with Gasteiger partial charge in [-0.15, -0.1) is 11.3 Å². The van der Waals surface area contributed by atoms with Crippen molar-refractivity contribution in [2.75, 3.05) is 0 Å². The Bertz CT molecular complexity index is 600. The molecule has 0 saturated carbocycles. The van der Waals surface area contributed by atoms with E-state index in [1.165, 1.54) is 0 Å². The summed E-state index contributed by atoms with van der Waals surface area (Å²) in [6.07, 6.45) is 5.82. The summed E-state index contributed by atoms with van der Waals surface area (Å²) in [7, 11) is 0. The second kappa shape index (κ2) is 5.36. The normalized spacial score (nSPS) is 14.5. The molecule has 1 amide bonds. The molecule has 3 rings (SSSR count). The van der Waals surface area contributed by atoms with E-state index in [9.17, 15) is 4.79 Å². The quantitative estimate of drug-likeness (QED) is 0.665. The number of rotatable bonds is 3. The van der Waals surface area contributed by atoms with Gasteiger partial charge in [0, 0.05) is 16.1 Å². The van der Waals surface area contributed by atoms with Crippen LogP contribution in [0.3, 0.4) is 0 Å². The minimum absolute atomic E-state index is 0.243. The molecule has 0 spiro atoms. The lowest BCUT2D eigenvalue weighted by atomic mass is 9.96. The number of nitrogens with one attached hydrogen (secondary N) is 2. The molecule has 1 aliphatic rings. The van der Waals surface area contributed by atoms with Crippen LogP contribution in [0.2, 0.25) is 0 Å². The van der Waals surface area contributed by atoms with Crippen LogP contribution in [-0.2, 0) is 12.8 Å². The Morgan fingerprint density at radius 1 is 1.47 bits per heavy atom. The molecule has 19 heavy (non-hydrogen) atoms. The molecular weight excluding hydrogens is 260 g/mol. The van der Waals surface area contributed by atoms with E-state index in [4.69, 9.17) is 0 Å². The van der Waals surface area contributed by atoms with E-state index >= 15 is 0 Å². The Morgan fingerprint density at radius 2 is 2.37 bits per heavy atom. The lowest BCUT2D eigenvalue weighted by molar-refractivity contribution is 0.0949. The van der Waals surface area contributed by atoms with Gasteiger partial charge in [-0.25, -0.2) is 5.43 Å². The Kier molecular flexibility index (Phi) is 3.41. The number of aryl methyl sites for hydroxylation is 1. The summed E-state index contributed by atoms with van der Waals surface area (Å²) in [6.45, 7) is 0. The highest BCUT2D eigenvalue weighted by molar-refractivity contribution is 7.11. The van der Waals surface area contributed by atoms with Crippen molar-refractivity contribution in [3.05, 3.63) is 39.3 Å². The number of fused-ring (bicyclic) bond motifs is 1. The van der Waals surface area contributed by atoms with Crippen molar-refractivity contribution in [1.29, 1.82) is 0 Å². The summed E-state index contributed by atoms with van der Waals surface area (Å²) in [5.74, 6) is -0.243. The van der Waals surface area contributed by atoms with Crippen molar-refractivity contribution in [1.82, 2.24) is 15.6 Å². The lowest BCUT2D eigenvalue weighted by Crippen LogP contribution is -2.20. The van der Waals surface area contributed by atoms with Crippen LogP contribution in [-0.4, -0.2) is 22.3 Å². The molecule has 1 aliphatic carbocycles. The molecule has 0 aliphatic heterocycles. The molecule has 2 heterocycles. The van der Waals surface area contributed by atoms with E-state index in [2.05, 4.69) is 20.7 Å². The molecule has 98 valence electrons. The van der Waals surface area contributed by atoms with Gasteiger partial charge in [0.1, 0.15) is 0 Å². The number of nitrogens with zero attached hydrogens (tertiary/aromatic N) is 2. The first-order chi connectivity index (χ1) is 9.34. The SMILES string of the molecule is O=C(N/N=C\c1cccs1)c1n[nH]c2c1CCCC2. The van der Waals surface area contributed by atoms with Crippen molar-refractivity contribution < 1.29 is 4.79 Å². The molecule has 0 atom stereocenters. The van der Waals surface area contributed by atoms with Crippen LogP contribution < -0.4 is 5.43 Å². The van der Waals surface area contributed by atoms with E-state index in [1.807, 2.05) is 17.5 Å². The van der Waals surface area contributed by atoms with E-state index < -0.39 is 0 Å². The number of hydrogen-bond acceptors (Lipinski definition) is 4. The number of hydrogen-bond donors (Lipinski definition) is 2. The van der Waals surface area contributed by atoms with Crippen molar-refractivity contribution in [3.63, 3.8) is 0 Å². The number of aromatic nitrogens is 2. The maximum Gasteiger partial charge on any atom is 0.292 e. The van der Waals surface area contributed by atoms with Crippen molar-refractivity contribution in [3.8, 4) is 0 Å². The molecule has 6 heteroatoms. The molecule has 0 unspecified atom stereocenters. The molecule has 0 aromatic carbocycles. The first-order valence-corrected chi connectivity index (χ1v) is 7.15. The van der Waals surface area contributed by atoms with E-state index in [-0.39, 0.29) is 5.91 Å². The minimum atomic E-state index is -0.243. The first kappa shape index (κ1) is 12.1. The second-order valence-electron chi connectivity index (χ2n) is 4.45. The number of thiophene rings is 1. The third-order valence-electron chi connectivity index (χ3n) is 3.17. The van der Waals surface area contributed by atoms with Gasteiger partial charge in [-0.05, 0) is 37.1 Å². The molecular formula is C13H14N4OS. The summed E-state index contributed by atoms with van der Waals surface area (Å²) < 4.78 is 0. The number of carbonyl (C=O) groups is 1. The molecule has 2 aromatic heterocycles. The van der Waals surface area contributed by atoms with Gasteiger partial charge < -0.3 is 0 Å². The highest BCUT2D eigenvalue weighted by atomic mass is 32.1. The van der Waals surface area contributed by atoms with Gasteiger partial charge >= 0.3 is 0 Å². The zero-order chi connectivity index (χ0) is 13.1. The van der Waals surface area contributed by atoms with Crippen LogP contribution in [0.4, 0.5) is 0 Å². The van der Waals surface area contributed by atoms with Gasteiger partial charge in [0.05, 0.1) is 6.21 Å². The monoisotopic (exact) mass is 274 g/mol. The standard InChI is InChI=1S/C13H14N4OS/c18-13(17-14-8-9-4-3-7-19-9)12-10-5-1-2-6-11(10)15-16-12/h3-4,7-8H,1-2,5-6H2,(H,15,16)(H,17,18)/b14-8-. The number of amides is 1. The summed E-state index contributed by atoms with van der Waals surface area (Å²) in [5, 5.41) is 13.0. The van der Waals surface area contributed by atoms with E-state index in [0.717, 1.165) is 41.8 Å².